The molecule has 0 atom stereocenters. The summed E-state index contributed by atoms with van der Waals surface area (Å²) in [6.07, 6.45) is 0. The van der Waals surface area contributed by atoms with Crippen molar-refractivity contribution in [2.24, 2.45) is 0 Å². The van der Waals surface area contributed by atoms with Crippen LogP contribution in [0.3, 0.4) is 0 Å². The van der Waals surface area contributed by atoms with E-state index in [1.807, 2.05) is 0 Å². The molecule has 0 bridgehead atoms. The van der Waals surface area contributed by atoms with Gasteiger partial charge in [-0.15, -0.1) is 11.3 Å². The van der Waals surface area contributed by atoms with Gasteiger partial charge in [0, 0.05) is 0 Å². The summed E-state index contributed by atoms with van der Waals surface area (Å²) >= 11 is 1.18. The van der Waals surface area contributed by atoms with Gasteiger partial charge in [0.1, 0.15) is 15.5 Å². The monoisotopic (exact) mass is 238 g/mol. The second kappa shape index (κ2) is 3.71. The van der Waals surface area contributed by atoms with Gasteiger partial charge in [0.15, 0.2) is 0 Å². The Morgan fingerprint density at radius 3 is 2.75 bits per heavy atom. The largest absolute Gasteiger partial charge is 0.465 e. The zero-order valence-electron chi connectivity index (χ0n) is 9.08. The lowest BCUT2D eigenvalue weighted by atomic mass is 10.2. The molecular weight excluding hydrogens is 228 g/mol. The summed E-state index contributed by atoms with van der Waals surface area (Å²) in [5.41, 5.74) is 0.409. The number of esters is 1. The number of carbonyl (C=O) groups is 1. The van der Waals surface area contributed by atoms with Gasteiger partial charge in [-0.3, -0.25) is 4.79 Å². The Morgan fingerprint density at radius 2 is 2.12 bits per heavy atom. The second-order valence-corrected chi connectivity index (χ2v) is 4.38. The minimum atomic E-state index is -0.433. The van der Waals surface area contributed by atoms with Gasteiger partial charge in [-0.25, -0.2) is 9.78 Å². The quantitative estimate of drug-likeness (QED) is 0.762. The van der Waals surface area contributed by atoms with Crippen LogP contribution in [0.4, 0.5) is 0 Å². The molecule has 0 aliphatic carbocycles. The van der Waals surface area contributed by atoms with Crippen LogP contribution in [0.15, 0.2) is 4.79 Å². The fourth-order valence-corrected chi connectivity index (χ4v) is 2.68. The van der Waals surface area contributed by atoms with E-state index in [-0.39, 0.29) is 5.56 Å². The minimum absolute atomic E-state index is 0.216. The average molecular weight is 238 g/mol. The number of aryl methyl sites for hydroxylation is 2. The first-order chi connectivity index (χ1) is 7.54. The maximum absolute atomic E-state index is 11.7. The Morgan fingerprint density at radius 1 is 1.44 bits per heavy atom. The molecule has 2 rings (SSSR count). The van der Waals surface area contributed by atoms with Crippen molar-refractivity contribution in [3.05, 3.63) is 26.6 Å². The van der Waals surface area contributed by atoms with Gasteiger partial charge in [0.2, 0.25) is 0 Å². The maximum atomic E-state index is 11.7. The molecule has 1 N–H and O–H groups in total. The number of fused-ring (bicyclic) bond motifs is 1. The number of rotatable bonds is 1. The highest BCUT2D eigenvalue weighted by Crippen LogP contribution is 2.27. The van der Waals surface area contributed by atoms with Crippen molar-refractivity contribution in [2.75, 3.05) is 7.11 Å². The van der Waals surface area contributed by atoms with Crippen molar-refractivity contribution in [3.8, 4) is 0 Å². The number of carbonyl (C=O) groups excluding carboxylic acids is 1. The molecule has 0 aliphatic heterocycles. The highest BCUT2D eigenvalue weighted by molar-refractivity contribution is 7.20. The van der Waals surface area contributed by atoms with Crippen LogP contribution in [0.5, 0.6) is 0 Å². The average Bonchev–Trinajstić information content (AvgIpc) is 2.54. The van der Waals surface area contributed by atoms with E-state index in [0.29, 0.717) is 26.5 Å². The van der Waals surface area contributed by atoms with Gasteiger partial charge >= 0.3 is 5.97 Å². The third-order valence-electron chi connectivity index (χ3n) is 2.29. The summed E-state index contributed by atoms with van der Waals surface area (Å²) < 4.78 is 4.65. The molecule has 0 fully saturated rings. The standard InChI is InChI=1S/C10H10N2O3S/c1-4-6-8(13)11-5(2)12-9(6)16-7(4)10(14)15-3/h1-3H3,(H,11,12,13). The van der Waals surface area contributed by atoms with Crippen LogP contribution >= 0.6 is 11.3 Å². The number of aromatic nitrogens is 2. The fraction of sp³-hybridized carbons (Fsp3) is 0.300. The Bertz CT molecular complexity index is 627. The number of nitrogens with one attached hydrogen (secondary N) is 1. The molecule has 2 heterocycles. The van der Waals surface area contributed by atoms with E-state index < -0.39 is 5.97 Å². The minimum Gasteiger partial charge on any atom is -0.465 e. The number of hydrogen-bond donors (Lipinski definition) is 1. The van der Waals surface area contributed by atoms with E-state index in [2.05, 4.69) is 14.7 Å². The third kappa shape index (κ3) is 1.51. The van der Waals surface area contributed by atoms with E-state index in [1.54, 1.807) is 13.8 Å². The topological polar surface area (TPSA) is 72.0 Å². The number of ether oxygens (including phenoxy) is 1. The summed E-state index contributed by atoms with van der Waals surface area (Å²) in [5.74, 6) is 0.104. The van der Waals surface area contributed by atoms with Gasteiger partial charge in [-0.2, -0.15) is 0 Å². The normalized spacial score (nSPS) is 10.7. The van der Waals surface area contributed by atoms with Gasteiger partial charge in [-0.05, 0) is 19.4 Å². The van der Waals surface area contributed by atoms with E-state index in [0.717, 1.165) is 0 Å². The van der Waals surface area contributed by atoms with Crippen LogP contribution < -0.4 is 5.56 Å². The smallest absolute Gasteiger partial charge is 0.348 e. The molecular formula is C10H10N2O3S. The molecule has 0 unspecified atom stereocenters. The Kier molecular flexibility index (Phi) is 2.51. The van der Waals surface area contributed by atoms with Crippen molar-refractivity contribution in [2.45, 2.75) is 13.8 Å². The molecule has 2 aromatic rings. The number of hydrogen-bond acceptors (Lipinski definition) is 5. The third-order valence-corrected chi connectivity index (χ3v) is 3.46. The molecule has 5 nitrogen and oxygen atoms in total. The highest BCUT2D eigenvalue weighted by Gasteiger charge is 2.18. The number of nitrogens with zero attached hydrogens (tertiary/aromatic N) is 1. The van der Waals surface area contributed by atoms with Crippen LogP contribution in [0.25, 0.3) is 10.2 Å². The molecule has 0 saturated heterocycles. The Hall–Kier alpha value is -1.69. The predicted octanol–water partition coefficient (Wildman–Crippen LogP) is 1.39. The first-order valence-electron chi connectivity index (χ1n) is 4.63. The molecule has 0 saturated carbocycles. The number of aromatic amines is 1. The molecule has 2 aromatic heterocycles. The molecule has 0 spiro atoms. The van der Waals surface area contributed by atoms with Gasteiger partial charge in [-0.1, -0.05) is 0 Å². The summed E-state index contributed by atoms with van der Waals surface area (Å²) in [4.78, 5) is 31.0. The van der Waals surface area contributed by atoms with Gasteiger partial charge < -0.3 is 9.72 Å². The molecule has 6 heteroatoms. The van der Waals surface area contributed by atoms with Crippen molar-refractivity contribution in [3.63, 3.8) is 0 Å². The summed E-state index contributed by atoms with van der Waals surface area (Å²) in [7, 11) is 1.31. The molecule has 84 valence electrons. The molecule has 0 amide bonds. The van der Waals surface area contributed by atoms with Gasteiger partial charge in [0.25, 0.3) is 5.56 Å². The number of thiophene rings is 1. The van der Waals surface area contributed by atoms with Crippen molar-refractivity contribution < 1.29 is 9.53 Å². The molecule has 16 heavy (non-hydrogen) atoms. The maximum Gasteiger partial charge on any atom is 0.348 e. The van der Waals surface area contributed by atoms with Crippen LogP contribution in [-0.4, -0.2) is 23.0 Å². The molecule has 0 radical (unpaired) electrons. The van der Waals surface area contributed by atoms with E-state index in [4.69, 9.17) is 0 Å². The lowest BCUT2D eigenvalue weighted by molar-refractivity contribution is 0.0605. The van der Waals surface area contributed by atoms with Crippen LogP contribution in [0, 0.1) is 13.8 Å². The van der Waals surface area contributed by atoms with E-state index >= 15 is 0 Å². The zero-order chi connectivity index (χ0) is 11.9. The Balaban J connectivity index is 2.83. The number of methoxy groups -OCH3 is 1. The lowest BCUT2D eigenvalue weighted by Crippen LogP contribution is -2.09. The number of H-pyrrole nitrogens is 1. The van der Waals surface area contributed by atoms with Crippen LogP contribution in [0.1, 0.15) is 21.1 Å². The predicted molar refractivity (Wildman–Crippen MR) is 61.1 cm³/mol. The summed E-state index contributed by atoms with van der Waals surface area (Å²) in [6, 6.07) is 0. The SMILES string of the molecule is COC(=O)c1sc2nc(C)[nH]c(=O)c2c1C. The van der Waals surface area contributed by atoms with E-state index in [1.165, 1.54) is 18.4 Å². The van der Waals surface area contributed by atoms with Crippen molar-refractivity contribution >= 4 is 27.5 Å². The highest BCUT2D eigenvalue weighted by atomic mass is 32.1. The van der Waals surface area contributed by atoms with Gasteiger partial charge in [0.05, 0.1) is 12.5 Å². The summed E-state index contributed by atoms with van der Waals surface area (Å²) in [5, 5.41) is 0.469. The second-order valence-electron chi connectivity index (χ2n) is 3.38. The molecule has 0 aromatic carbocycles. The van der Waals surface area contributed by atoms with E-state index in [9.17, 15) is 9.59 Å². The van der Waals surface area contributed by atoms with Crippen LogP contribution in [-0.2, 0) is 4.74 Å². The lowest BCUT2D eigenvalue weighted by Gasteiger charge is -1.95. The Labute approximate surface area is 95.1 Å². The fourth-order valence-electron chi connectivity index (χ4n) is 1.54. The molecule has 0 aliphatic rings. The van der Waals surface area contributed by atoms with Crippen molar-refractivity contribution in [1.82, 2.24) is 9.97 Å². The first kappa shape index (κ1) is 10.8. The van der Waals surface area contributed by atoms with Crippen molar-refractivity contribution in [1.29, 1.82) is 0 Å². The van der Waals surface area contributed by atoms with Crippen LogP contribution in [0.2, 0.25) is 0 Å². The summed E-state index contributed by atoms with van der Waals surface area (Å²) in [6.45, 7) is 3.42. The first-order valence-corrected chi connectivity index (χ1v) is 5.44. The zero-order valence-corrected chi connectivity index (χ0v) is 9.90.